The lowest BCUT2D eigenvalue weighted by molar-refractivity contribution is 0.221. The molecule has 0 radical (unpaired) electrons. The molecule has 1 N–H and O–H groups in total. The number of piperidine rings is 1. The highest BCUT2D eigenvalue weighted by Crippen LogP contribution is 2.31. The summed E-state index contributed by atoms with van der Waals surface area (Å²) in [7, 11) is 0. The van der Waals surface area contributed by atoms with E-state index in [-0.39, 0.29) is 0 Å². The van der Waals surface area contributed by atoms with E-state index in [0.29, 0.717) is 5.92 Å². The highest BCUT2D eigenvalue weighted by atomic mass is 15.1. The van der Waals surface area contributed by atoms with Crippen LogP contribution in [-0.2, 0) is 0 Å². The van der Waals surface area contributed by atoms with E-state index >= 15 is 0 Å². The second kappa shape index (κ2) is 4.49. The third-order valence-electron chi connectivity index (χ3n) is 3.93. The first kappa shape index (κ1) is 10.8. The molecule has 0 aliphatic carbocycles. The number of aromatic nitrogens is 2. The van der Waals surface area contributed by atoms with Crippen LogP contribution in [0.1, 0.15) is 31.4 Å². The second-order valence-corrected chi connectivity index (χ2v) is 4.86. The lowest BCUT2D eigenvalue weighted by Gasteiger charge is -2.30. The van der Waals surface area contributed by atoms with Crippen LogP contribution in [0.4, 0.5) is 0 Å². The van der Waals surface area contributed by atoms with E-state index in [4.69, 9.17) is 0 Å². The lowest BCUT2D eigenvalue weighted by Crippen LogP contribution is -2.32. The average molecular weight is 229 g/mol. The molecule has 0 unspecified atom stereocenters. The monoisotopic (exact) mass is 229 g/mol. The van der Waals surface area contributed by atoms with Gasteiger partial charge in [0.2, 0.25) is 0 Å². The summed E-state index contributed by atoms with van der Waals surface area (Å²) in [4.78, 5) is 2.52. The molecular weight excluding hydrogens is 210 g/mol. The molecule has 0 spiro atoms. The van der Waals surface area contributed by atoms with Crippen LogP contribution in [0.5, 0.6) is 0 Å². The van der Waals surface area contributed by atoms with Crippen molar-refractivity contribution in [1.82, 2.24) is 15.1 Å². The molecule has 3 nitrogen and oxygen atoms in total. The van der Waals surface area contributed by atoms with E-state index in [9.17, 15) is 0 Å². The van der Waals surface area contributed by atoms with Crippen LogP contribution in [0.25, 0.3) is 10.9 Å². The minimum absolute atomic E-state index is 0.658. The molecule has 2 aromatic rings. The van der Waals surface area contributed by atoms with Gasteiger partial charge in [0, 0.05) is 17.0 Å². The van der Waals surface area contributed by atoms with Gasteiger partial charge >= 0.3 is 0 Å². The van der Waals surface area contributed by atoms with Crippen molar-refractivity contribution in [2.75, 3.05) is 19.6 Å². The zero-order chi connectivity index (χ0) is 11.7. The maximum atomic E-state index is 4.39. The molecule has 0 amide bonds. The molecule has 0 bridgehead atoms. The maximum absolute atomic E-state index is 4.39. The molecule has 17 heavy (non-hydrogen) atoms. The molecule has 2 heterocycles. The predicted octanol–water partition coefficient (Wildman–Crippen LogP) is 2.76. The highest BCUT2D eigenvalue weighted by molar-refractivity contribution is 5.81. The topological polar surface area (TPSA) is 31.9 Å². The van der Waals surface area contributed by atoms with Crippen molar-refractivity contribution in [3.63, 3.8) is 0 Å². The van der Waals surface area contributed by atoms with Crippen LogP contribution < -0.4 is 0 Å². The number of hydrogen-bond acceptors (Lipinski definition) is 2. The fourth-order valence-electron chi connectivity index (χ4n) is 2.83. The van der Waals surface area contributed by atoms with E-state index < -0.39 is 0 Å². The number of nitrogens with zero attached hydrogens (tertiary/aromatic N) is 2. The fourth-order valence-corrected chi connectivity index (χ4v) is 2.83. The van der Waals surface area contributed by atoms with Crippen LogP contribution in [0.3, 0.4) is 0 Å². The van der Waals surface area contributed by atoms with Gasteiger partial charge in [-0.3, -0.25) is 5.10 Å². The van der Waals surface area contributed by atoms with Crippen molar-refractivity contribution in [2.24, 2.45) is 0 Å². The third kappa shape index (κ3) is 1.95. The van der Waals surface area contributed by atoms with E-state index in [1.54, 1.807) is 0 Å². The summed E-state index contributed by atoms with van der Waals surface area (Å²) >= 11 is 0. The third-order valence-corrected chi connectivity index (χ3v) is 3.93. The second-order valence-electron chi connectivity index (χ2n) is 4.86. The van der Waals surface area contributed by atoms with Crippen molar-refractivity contribution in [1.29, 1.82) is 0 Å². The van der Waals surface area contributed by atoms with Crippen molar-refractivity contribution in [2.45, 2.75) is 25.7 Å². The van der Waals surface area contributed by atoms with Crippen LogP contribution in [0.15, 0.2) is 24.3 Å². The van der Waals surface area contributed by atoms with Crippen LogP contribution in [0, 0.1) is 0 Å². The molecule has 1 fully saturated rings. The number of fused-ring (bicyclic) bond motifs is 1. The van der Waals surface area contributed by atoms with E-state index in [1.165, 1.54) is 43.6 Å². The highest BCUT2D eigenvalue weighted by Gasteiger charge is 2.22. The number of H-pyrrole nitrogens is 1. The molecule has 1 aliphatic rings. The van der Waals surface area contributed by atoms with Gasteiger partial charge in [-0.1, -0.05) is 25.1 Å². The Labute approximate surface area is 102 Å². The number of hydrogen-bond donors (Lipinski definition) is 1. The molecule has 0 atom stereocenters. The summed E-state index contributed by atoms with van der Waals surface area (Å²) in [5.74, 6) is 0.658. The number of likely N-dealkylation sites (tertiary alicyclic amines) is 1. The first-order valence-corrected chi connectivity index (χ1v) is 6.54. The van der Waals surface area contributed by atoms with Gasteiger partial charge in [0.25, 0.3) is 0 Å². The zero-order valence-corrected chi connectivity index (χ0v) is 10.3. The Morgan fingerprint density at radius 1 is 1.29 bits per heavy atom. The Bertz CT molecular complexity index is 495. The lowest BCUT2D eigenvalue weighted by atomic mass is 9.92. The average Bonchev–Trinajstić information content (AvgIpc) is 2.83. The summed E-state index contributed by atoms with van der Waals surface area (Å²) in [5.41, 5.74) is 2.44. The number of aromatic amines is 1. The minimum Gasteiger partial charge on any atom is -0.304 e. The van der Waals surface area contributed by atoms with Gasteiger partial charge in [0.05, 0.1) is 5.52 Å². The maximum Gasteiger partial charge on any atom is 0.0923 e. The Balaban J connectivity index is 1.85. The summed E-state index contributed by atoms with van der Waals surface area (Å²) in [5, 5.41) is 8.95. The van der Waals surface area contributed by atoms with Gasteiger partial charge < -0.3 is 4.90 Å². The smallest absolute Gasteiger partial charge is 0.0923 e. The Morgan fingerprint density at radius 2 is 2.06 bits per heavy atom. The quantitative estimate of drug-likeness (QED) is 0.858. The summed E-state index contributed by atoms with van der Waals surface area (Å²) in [6.45, 7) is 5.85. The van der Waals surface area contributed by atoms with E-state index in [0.717, 1.165) is 5.52 Å². The van der Waals surface area contributed by atoms with Crippen molar-refractivity contribution >= 4 is 10.9 Å². The molecule has 1 saturated heterocycles. The van der Waals surface area contributed by atoms with Gasteiger partial charge in [-0.25, -0.2) is 0 Å². The fraction of sp³-hybridized carbons (Fsp3) is 0.500. The molecule has 1 aliphatic heterocycles. The van der Waals surface area contributed by atoms with Crippen molar-refractivity contribution < 1.29 is 0 Å². The summed E-state index contributed by atoms with van der Waals surface area (Å²) in [6.07, 6.45) is 2.50. The van der Waals surface area contributed by atoms with Crippen molar-refractivity contribution in [3.8, 4) is 0 Å². The van der Waals surface area contributed by atoms with Gasteiger partial charge in [0.1, 0.15) is 0 Å². The Hall–Kier alpha value is -1.35. The molecule has 1 aromatic heterocycles. The SMILES string of the molecule is CCN1CCC(c2[nH]nc3ccccc23)CC1. The van der Waals surface area contributed by atoms with Gasteiger partial charge in [-0.15, -0.1) is 0 Å². The molecular formula is C14H19N3. The molecule has 1 aromatic carbocycles. The molecule has 3 rings (SSSR count). The number of para-hydroxylation sites is 1. The van der Waals surface area contributed by atoms with Crippen molar-refractivity contribution in [3.05, 3.63) is 30.0 Å². The summed E-state index contributed by atoms with van der Waals surface area (Å²) in [6, 6.07) is 8.41. The minimum atomic E-state index is 0.658. The Kier molecular flexibility index (Phi) is 2.85. The molecule has 90 valence electrons. The number of benzene rings is 1. The van der Waals surface area contributed by atoms with Crippen LogP contribution in [-0.4, -0.2) is 34.7 Å². The number of nitrogens with one attached hydrogen (secondary N) is 1. The predicted molar refractivity (Wildman–Crippen MR) is 70.2 cm³/mol. The van der Waals surface area contributed by atoms with Crippen LogP contribution >= 0.6 is 0 Å². The standard InChI is InChI=1S/C14H19N3/c1-2-17-9-7-11(8-10-17)14-12-5-3-4-6-13(12)15-16-14/h3-6,11H,2,7-10H2,1H3,(H,15,16). The first-order chi connectivity index (χ1) is 8.38. The van der Waals surface area contributed by atoms with Crippen LogP contribution in [0.2, 0.25) is 0 Å². The number of rotatable bonds is 2. The molecule has 3 heteroatoms. The van der Waals surface area contributed by atoms with Gasteiger partial charge in [0.15, 0.2) is 0 Å². The largest absolute Gasteiger partial charge is 0.304 e. The van der Waals surface area contributed by atoms with E-state index in [1.807, 2.05) is 6.07 Å². The van der Waals surface area contributed by atoms with Gasteiger partial charge in [-0.05, 0) is 38.5 Å². The normalized spacial score (nSPS) is 18.9. The van der Waals surface area contributed by atoms with E-state index in [2.05, 4.69) is 40.2 Å². The molecule has 0 saturated carbocycles. The first-order valence-electron chi connectivity index (χ1n) is 6.54. The Morgan fingerprint density at radius 3 is 2.82 bits per heavy atom. The van der Waals surface area contributed by atoms with Gasteiger partial charge in [-0.2, -0.15) is 5.10 Å². The summed E-state index contributed by atoms with van der Waals surface area (Å²) < 4.78 is 0. The zero-order valence-electron chi connectivity index (χ0n) is 10.3.